The zero-order valence-corrected chi connectivity index (χ0v) is 20.4. The molecule has 178 valence electrons. The van der Waals surface area contributed by atoms with Crippen LogP contribution in [0.4, 0.5) is 11.4 Å². The minimum atomic E-state index is -0.923. The van der Waals surface area contributed by atoms with E-state index in [0.717, 1.165) is 29.6 Å². The molecule has 2 rings (SSSR count). The van der Waals surface area contributed by atoms with Crippen LogP contribution < -0.4 is 10.2 Å². The fraction of sp³-hybridized carbons (Fsp3) is 0.400. The number of carbonyl (C=O) groups excluding carboxylic acids is 2. The standard InChI is InChI=1S/C25H32N2O5S/c1-5-27(4)20-12-11-19(16-32-14-13-22(28)29)21(15-20)26-24(31)25(2,3)17-33-23(30)18-9-7-6-8-10-18/h6-12,15H,5,13-14,16-17H2,1-4H3,(H,26,31)(H,28,29). The molecule has 2 N–H and O–H groups in total. The number of thioether (sulfide) groups is 1. The summed E-state index contributed by atoms with van der Waals surface area (Å²) < 4.78 is 5.50. The number of nitrogens with one attached hydrogen (secondary N) is 1. The van der Waals surface area contributed by atoms with Crippen molar-refractivity contribution in [1.82, 2.24) is 0 Å². The van der Waals surface area contributed by atoms with Gasteiger partial charge in [0.2, 0.25) is 11.0 Å². The molecular formula is C25H32N2O5S. The lowest BCUT2D eigenvalue weighted by molar-refractivity contribution is -0.138. The normalized spacial score (nSPS) is 11.2. The Kier molecular flexibility index (Phi) is 9.94. The molecule has 0 fully saturated rings. The van der Waals surface area contributed by atoms with Crippen molar-refractivity contribution in [2.45, 2.75) is 33.8 Å². The average Bonchev–Trinajstić information content (AvgIpc) is 2.80. The van der Waals surface area contributed by atoms with Gasteiger partial charge >= 0.3 is 5.97 Å². The largest absolute Gasteiger partial charge is 0.481 e. The van der Waals surface area contributed by atoms with Crippen LogP contribution in [0.3, 0.4) is 0 Å². The van der Waals surface area contributed by atoms with Gasteiger partial charge in [0.25, 0.3) is 0 Å². The topological polar surface area (TPSA) is 95.9 Å². The van der Waals surface area contributed by atoms with Crippen LogP contribution in [0, 0.1) is 5.41 Å². The molecule has 1 amide bonds. The van der Waals surface area contributed by atoms with Crippen LogP contribution in [0.1, 0.15) is 43.1 Å². The van der Waals surface area contributed by atoms with Crippen molar-refractivity contribution >= 4 is 40.1 Å². The SMILES string of the molecule is CCN(C)c1ccc(COCCC(=O)O)c(NC(=O)C(C)(C)CSC(=O)c2ccccc2)c1. The summed E-state index contributed by atoms with van der Waals surface area (Å²) in [6, 6.07) is 14.7. The van der Waals surface area contributed by atoms with E-state index in [-0.39, 0.29) is 30.7 Å². The van der Waals surface area contributed by atoms with E-state index in [1.54, 1.807) is 26.0 Å². The monoisotopic (exact) mass is 472 g/mol. The quantitative estimate of drug-likeness (QED) is 0.433. The maximum atomic E-state index is 13.1. The summed E-state index contributed by atoms with van der Waals surface area (Å²) in [5.74, 6) is -0.808. The maximum Gasteiger partial charge on any atom is 0.305 e. The summed E-state index contributed by atoms with van der Waals surface area (Å²) in [4.78, 5) is 38.3. The molecule has 33 heavy (non-hydrogen) atoms. The van der Waals surface area contributed by atoms with Crippen molar-refractivity contribution in [1.29, 1.82) is 0 Å². The van der Waals surface area contributed by atoms with Crippen LogP contribution in [0.25, 0.3) is 0 Å². The first-order valence-electron chi connectivity index (χ1n) is 10.8. The molecule has 0 saturated carbocycles. The first kappa shape index (κ1) is 26.4. The van der Waals surface area contributed by atoms with Crippen molar-refractivity contribution in [3.8, 4) is 0 Å². The van der Waals surface area contributed by atoms with Gasteiger partial charge in [-0.3, -0.25) is 14.4 Å². The van der Waals surface area contributed by atoms with E-state index in [4.69, 9.17) is 9.84 Å². The highest BCUT2D eigenvalue weighted by Gasteiger charge is 2.29. The Labute approximate surface area is 199 Å². The number of ether oxygens (including phenoxy) is 1. The van der Waals surface area contributed by atoms with Crippen LogP contribution in [0.2, 0.25) is 0 Å². The first-order chi connectivity index (χ1) is 15.6. The van der Waals surface area contributed by atoms with E-state index in [1.807, 2.05) is 55.3 Å². The smallest absolute Gasteiger partial charge is 0.305 e. The molecule has 0 spiro atoms. The fourth-order valence-electron chi connectivity index (χ4n) is 2.83. The van der Waals surface area contributed by atoms with Gasteiger partial charge in [-0.05, 0) is 19.1 Å². The molecule has 0 aliphatic rings. The Bertz CT molecular complexity index is 963. The Morgan fingerprint density at radius 1 is 1.12 bits per heavy atom. The third-order valence-corrected chi connectivity index (χ3v) is 6.53. The minimum absolute atomic E-state index is 0.0736. The molecule has 0 aromatic heterocycles. The minimum Gasteiger partial charge on any atom is -0.481 e. The zero-order chi connectivity index (χ0) is 24.4. The Hall–Kier alpha value is -2.84. The van der Waals surface area contributed by atoms with Gasteiger partial charge in [0.15, 0.2) is 0 Å². The second-order valence-corrected chi connectivity index (χ2v) is 9.28. The summed E-state index contributed by atoms with van der Waals surface area (Å²) in [7, 11) is 1.96. The van der Waals surface area contributed by atoms with Gasteiger partial charge in [0, 0.05) is 41.8 Å². The average molecular weight is 473 g/mol. The lowest BCUT2D eigenvalue weighted by Gasteiger charge is -2.25. The van der Waals surface area contributed by atoms with Gasteiger partial charge in [-0.2, -0.15) is 0 Å². The Morgan fingerprint density at radius 2 is 1.82 bits per heavy atom. The predicted octanol–water partition coefficient (Wildman–Crippen LogP) is 4.67. The lowest BCUT2D eigenvalue weighted by atomic mass is 9.95. The molecule has 0 bridgehead atoms. The second kappa shape index (κ2) is 12.4. The number of anilines is 2. The van der Waals surface area contributed by atoms with Gasteiger partial charge < -0.3 is 20.1 Å². The van der Waals surface area contributed by atoms with E-state index in [9.17, 15) is 14.4 Å². The Morgan fingerprint density at radius 3 is 2.45 bits per heavy atom. The third kappa shape index (κ3) is 8.22. The van der Waals surface area contributed by atoms with Crippen molar-refractivity contribution in [3.63, 3.8) is 0 Å². The number of amides is 1. The molecule has 8 heteroatoms. The van der Waals surface area contributed by atoms with Gasteiger partial charge in [0.05, 0.1) is 25.0 Å². The van der Waals surface area contributed by atoms with Crippen LogP contribution in [0.5, 0.6) is 0 Å². The van der Waals surface area contributed by atoms with Crippen LogP contribution >= 0.6 is 11.8 Å². The zero-order valence-electron chi connectivity index (χ0n) is 19.6. The number of aliphatic carboxylic acids is 1. The number of nitrogens with zero attached hydrogens (tertiary/aromatic N) is 1. The highest BCUT2D eigenvalue weighted by atomic mass is 32.2. The highest BCUT2D eigenvalue weighted by molar-refractivity contribution is 8.14. The fourth-order valence-corrected chi connectivity index (χ4v) is 3.75. The number of benzene rings is 2. The van der Waals surface area contributed by atoms with Crippen LogP contribution in [-0.4, -0.2) is 48.1 Å². The van der Waals surface area contributed by atoms with Crippen molar-refractivity contribution in [2.24, 2.45) is 5.41 Å². The number of rotatable bonds is 12. The molecule has 7 nitrogen and oxygen atoms in total. The first-order valence-corrected chi connectivity index (χ1v) is 11.8. The van der Waals surface area contributed by atoms with Gasteiger partial charge in [-0.1, -0.05) is 62.0 Å². The summed E-state index contributed by atoms with van der Waals surface area (Å²) in [6.07, 6.45) is -0.0853. The number of hydrogen-bond donors (Lipinski definition) is 2. The van der Waals surface area contributed by atoms with E-state index in [2.05, 4.69) is 5.32 Å². The van der Waals surface area contributed by atoms with Crippen molar-refractivity contribution < 1.29 is 24.2 Å². The van der Waals surface area contributed by atoms with E-state index in [1.165, 1.54) is 0 Å². The van der Waals surface area contributed by atoms with Gasteiger partial charge in [-0.25, -0.2) is 0 Å². The number of carbonyl (C=O) groups is 3. The molecule has 0 radical (unpaired) electrons. The summed E-state index contributed by atoms with van der Waals surface area (Å²) in [5, 5.41) is 11.7. The highest BCUT2D eigenvalue weighted by Crippen LogP contribution is 2.29. The van der Waals surface area contributed by atoms with E-state index < -0.39 is 11.4 Å². The molecule has 0 heterocycles. The number of carboxylic acids is 1. The third-order valence-electron chi connectivity index (χ3n) is 5.16. The summed E-state index contributed by atoms with van der Waals surface area (Å²) in [5.41, 5.74) is 2.11. The van der Waals surface area contributed by atoms with Crippen LogP contribution in [-0.2, 0) is 20.9 Å². The van der Waals surface area contributed by atoms with E-state index >= 15 is 0 Å². The second-order valence-electron chi connectivity index (χ2n) is 8.33. The molecule has 0 aliphatic heterocycles. The molecular weight excluding hydrogens is 440 g/mol. The summed E-state index contributed by atoms with van der Waals surface area (Å²) in [6.45, 7) is 6.71. The molecule has 2 aromatic carbocycles. The van der Waals surface area contributed by atoms with Crippen molar-refractivity contribution in [2.75, 3.05) is 36.2 Å². The molecule has 0 aliphatic carbocycles. The predicted molar refractivity (Wildman–Crippen MR) is 133 cm³/mol. The molecule has 0 unspecified atom stereocenters. The van der Waals surface area contributed by atoms with Crippen LogP contribution in [0.15, 0.2) is 48.5 Å². The number of hydrogen-bond acceptors (Lipinski definition) is 6. The lowest BCUT2D eigenvalue weighted by Crippen LogP contribution is -2.33. The maximum absolute atomic E-state index is 13.1. The van der Waals surface area contributed by atoms with Gasteiger partial charge in [-0.15, -0.1) is 0 Å². The Balaban J connectivity index is 2.11. The molecule has 2 aromatic rings. The van der Waals surface area contributed by atoms with Gasteiger partial charge in [0.1, 0.15) is 0 Å². The molecule has 0 atom stereocenters. The van der Waals surface area contributed by atoms with Crippen molar-refractivity contribution in [3.05, 3.63) is 59.7 Å². The molecule has 0 saturated heterocycles. The number of carboxylic acid groups (broad SMARTS) is 1. The summed E-state index contributed by atoms with van der Waals surface area (Å²) >= 11 is 1.12. The van der Waals surface area contributed by atoms with E-state index in [0.29, 0.717) is 17.0 Å².